The highest BCUT2D eigenvalue weighted by molar-refractivity contribution is 6.30. The smallest absolute Gasteiger partial charge is 0.318 e. The predicted octanol–water partition coefficient (Wildman–Crippen LogP) is 2.22. The van der Waals surface area contributed by atoms with Gasteiger partial charge in [-0.15, -0.1) is 0 Å². The third-order valence-corrected chi connectivity index (χ3v) is 5.43. The molecule has 2 aliphatic heterocycles. The Morgan fingerprint density at radius 1 is 1.23 bits per heavy atom. The van der Waals surface area contributed by atoms with E-state index in [2.05, 4.69) is 10.6 Å². The molecule has 142 valence electrons. The van der Waals surface area contributed by atoms with Gasteiger partial charge in [0.2, 0.25) is 5.91 Å². The van der Waals surface area contributed by atoms with Gasteiger partial charge in [0.15, 0.2) is 0 Å². The van der Waals surface area contributed by atoms with Gasteiger partial charge in [0.05, 0.1) is 0 Å². The number of carbonyl (C=O) groups excluding carboxylic acids is 2. The lowest BCUT2D eigenvalue weighted by molar-refractivity contribution is -0.134. The first kappa shape index (κ1) is 19.0. The second-order valence-corrected chi connectivity index (χ2v) is 7.58. The molecule has 0 bridgehead atoms. The zero-order chi connectivity index (χ0) is 18.5. The monoisotopic (exact) mass is 378 g/mol. The van der Waals surface area contributed by atoms with Crippen molar-refractivity contribution < 1.29 is 9.59 Å². The number of rotatable bonds is 4. The van der Waals surface area contributed by atoms with Gasteiger partial charge in [-0.05, 0) is 56.5 Å². The van der Waals surface area contributed by atoms with Gasteiger partial charge in [0.25, 0.3) is 0 Å². The highest BCUT2D eigenvalue weighted by atomic mass is 35.5. The third-order valence-electron chi connectivity index (χ3n) is 5.17. The minimum atomic E-state index is -0.367. The van der Waals surface area contributed by atoms with Crippen molar-refractivity contribution in [2.75, 3.05) is 26.7 Å². The van der Waals surface area contributed by atoms with Crippen molar-refractivity contribution in [3.63, 3.8) is 0 Å². The number of urea groups is 1. The first-order chi connectivity index (χ1) is 12.5. The van der Waals surface area contributed by atoms with E-state index < -0.39 is 0 Å². The normalized spacial score (nSPS) is 20.8. The number of carbonyl (C=O) groups is 2. The predicted molar refractivity (Wildman–Crippen MR) is 102 cm³/mol. The molecule has 7 heteroatoms. The molecule has 2 N–H and O–H groups in total. The summed E-state index contributed by atoms with van der Waals surface area (Å²) in [5.74, 6) is -0.00193. The number of likely N-dealkylation sites (N-methyl/N-ethyl adjacent to an activating group) is 1. The third kappa shape index (κ3) is 4.68. The van der Waals surface area contributed by atoms with E-state index >= 15 is 0 Å². The summed E-state index contributed by atoms with van der Waals surface area (Å²) in [6.07, 6.45) is 3.47. The van der Waals surface area contributed by atoms with E-state index in [0.717, 1.165) is 44.3 Å². The van der Waals surface area contributed by atoms with Gasteiger partial charge in [0, 0.05) is 31.2 Å². The van der Waals surface area contributed by atoms with Gasteiger partial charge in [-0.3, -0.25) is 4.79 Å². The molecule has 0 radical (unpaired) electrons. The van der Waals surface area contributed by atoms with Crippen LogP contribution < -0.4 is 10.6 Å². The minimum absolute atomic E-state index is 0.00193. The molecule has 6 nitrogen and oxygen atoms in total. The van der Waals surface area contributed by atoms with E-state index in [-0.39, 0.29) is 24.0 Å². The number of benzene rings is 1. The zero-order valence-electron chi connectivity index (χ0n) is 15.2. The number of piperidine rings is 1. The van der Waals surface area contributed by atoms with Crippen LogP contribution in [0.3, 0.4) is 0 Å². The van der Waals surface area contributed by atoms with Crippen LogP contribution in [0.25, 0.3) is 0 Å². The molecule has 3 rings (SSSR count). The first-order valence-electron chi connectivity index (χ1n) is 9.32. The molecule has 2 saturated heterocycles. The maximum atomic E-state index is 12.9. The van der Waals surface area contributed by atoms with Crippen LogP contribution in [-0.4, -0.2) is 60.5 Å². The molecule has 26 heavy (non-hydrogen) atoms. The molecule has 0 spiro atoms. The summed E-state index contributed by atoms with van der Waals surface area (Å²) >= 11 is 5.91. The molecule has 0 unspecified atom stereocenters. The molecule has 1 aromatic rings. The van der Waals surface area contributed by atoms with Crippen LogP contribution in [0, 0.1) is 0 Å². The molecule has 2 fully saturated rings. The number of likely N-dealkylation sites (tertiary alicyclic amines) is 1. The van der Waals surface area contributed by atoms with Gasteiger partial charge in [-0.2, -0.15) is 0 Å². The maximum Gasteiger partial charge on any atom is 0.318 e. The fourth-order valence-corrected chi connectivity index (χ4v) is 3.81. The van der Waals surface area contributed by atoms with Crippen LogP contribution in [0.15, 0.2) is 24.3 Å². The van der Waals surface area contributed by atoms with Crippen LogP contribution in [0.2, 0.25) is 5.02 Å². The summed E-state index contributed by atoms with van der Waals surface area (Å²) < 4.78 is 0. The number of hydrogen-bond acceptors (Lipinski definition) is 3. The number of amides is 3. The van der Waals surface area contributed by atoms with Crippen LogP contribution >= 0.6 is 11.6 Å². The SMILES string of the molecule is CN(Cc1ccc(Cl)cc1)C(=O)[C@H]1CCCN1C(=O)NC1CCNCC1. The summed E-state index contributed by atoms with van der Waals surface area (Å²) in [5, 5.41) is 7.07. The molecule has 0 saturated carbocycles. The highest BCUT2D eigenvalue weighted by Gasteiger charge is 2.36. The Hall–Kier alpha value is -1.79. The van der Waals surface area contributed by atoms with E-state index in [1.165, 1.54) is 0 Å². The largest absolute Gasteiger partial charge is 0.340 e. The van der Waals surface area contributed by atoms with Gasteiger partial charge in [0.1, 0.15) is 6.04 Å². The lowest BCUT2D eigenvalue weighted by Crippen LogP contribution is -2.53. The summed E-state index contributed by atoms with van der Waals surface area (Å²) in [7, 11) is 1.79. The Morgan fingerprint density at radius 2 is 1.92 bits per heavy atom. The molecule has 3 amide bonds. The Morgan fingerprint density at radius 3 is 2.62 bits per heavy atom. The summed E-state index contributed by atoms with van der Waals surface area (Å²) in [5.41, 5.74) is 1.02. The summed E-state index contributed by atoms with van der Waals surface area (Å²) in [6, 6.07) is 7.21. The van der Waals surface area contributed by atoms with Crippen molar-refractivity contribution >= 4 is 23.5 Å². The number of hydrogen-bond donors (Lipinski definition) is 2. The van der Waals surface area contributed by atoms with E-state index in [0.29, 0.717) is 18.1 Å². The molecule has 0 aliphatic carbocycles. The fraction of sp³-hybridized carbons (Fsp3) is 0.579. The van der Waals surface area contributed by atoms with Crippen molar-refractivity contribution in [3.8, 4) is 0 Å². The molecule has 1 atom stereocenters. The second-order valence-electron chi connectivity index (χ2n) is 7.15. The lowest BCUT2D eigenvalue weighted by Gasteiger charge is -2.31. The van der Waals surface area contributed by atoms with E-state index in [4.69, 9.17) is 11.6 Å². The van der Waals surface area contributed by atoms with E-state index in [1.807, 2.05) is 24.3 Å². The average molecular weight is 379 g/mol. The number of nitrogens with zero attached hydrogens (tertiary/aromatic N) is 2. The first-order valence-corrected chi connectivity index (χ1v) is 9.69. The minimum Gasteiger partial charge on any atom is -0.340 e. The van der Waals surface area contributed by atoms with E-state index in [1.54, 1.807) is 16.8 Å². The maximum absolute atomic E-state index is 12.9. The lowest BCUT2D eigenvalue weighted by atomic mass is 10.1. The average Bonchev–Trinajstić information content (AvgIpc) is 3.13. The molecule has 2 aliphatic rings. The Balaban J connectivity index is 1.58. The molecule has 2 heterocycles. The van der Waals surface area contributed by atoms with Gasteiger partial charge < -0.3 is 20.4 Å². The Bertz CT molecular complexity index is 631. The van der Waals surface area contributed by atoms with Crippen LogP contribution in [0.4, 0.5) is 4.79 Å². The van der Waals surface area contributed by atoms with Crippen LogP contribution in [0.1, 0.15) is 31.2 Å². The Kier molecular flexibility index (Phi) is 6.38. The second kappa shape index (κ2) is 8.73. The highest BCUT2D eigenvalue weighted by Crippen LogP contribution is 2.21. The molecular formula is C19H27ClN4O2. The fourth-order valence-electron chi connectivity index (χ4n) is 3.69. The van der Waals surface area contributed by atoms with Crippen molar-refractivity contribution in [1.82, 2.24) is 20.4 Å². The van der Waals surface area contributed by atoms with Gasteiger partial charge in [-0.1, -0.05) is 23.7 Å². The topological polar surface area (TPSA) is 64.7 Å². The summed E-state index contributed by atoms with van der Waals surface area (Å²) in [4.78, 5) is 29.0. The molecule has 0 aromatic heterocycles. The van der Waals surface area contributed by atoms with Crippen molar-refractivity contribution in [2.45, 2.75) is 44.3 Å². The molecular weight excluding hydrogens is 352 g/mol. The number of nitrogens with one attached hydrogen (secondary N) is 2. The van der Waals surface area contributed by atoms with Crippen LogP contribution in [0.5, 0.6) is 0 Å². The quantitative estimate of drug-likeness (QED) is 0.844. The van der Waals surface area contributed by atoms with Crippen molar-refractivity contribution in [1.29, 1.82) is 0 Å². The standard InChI is InChI=1S/C19H27ClN4O2/c1-23(13-14-4-6-15(20)7-5-14)18(25)17-3-2-12-24(17)19(26)22-16-8-10-21-11-9-16/h4-7,16-17,21H,2-3,8-13H2,1H3,(H,22,26)/t17-/m1/s1. The molecule has 1 aromatic carbocycles. The van der Waals surface area contributed by atoms with Gasteiger partial charge >= 0.3 is 6.03 Å². The van der Waals surface area contributed by atoms with Crippen molar-refractivity contribution in [2.24, 2.45) is 0 Å². The zero-order valence-corrected chi connectivity index (χ0v) is 16.0. The Labute approximate surface area is 159 Å². The summed E-state index contributed by atoms with van der Waals surface area (Å²) in [6.45, 7) is 3.01. The van der Waals surface area contributed by atoms with Crippen molar-refractivity contribution in [3.05, 3.63) is 34.9 Å². The van der Waals surface area contributed by atoms with E-state index in [9.17, 15) is 9.59 Å². The number of halogens is 1. The van der Waals surface area contributed by atoms with Gasteiger partial charge in [-0.25, -0.2) is 4.79 Å². The van der Waals surface area contributed by atoms with Crippen LogP contribution in [-0.2, 0) is 11.3 Å².